The molecule has 1 unspecified atom stereocenters. The summed E-state index contributed by atoms with van der Waals surface area (Å²) < 4.78 is 0. The first-order chi connectivity index (χ1) is 9.82. The average Bonchev–Trinajstić information content (AvgIpc) is 2.43. The Kier molecular flexibility index (Phi) is 6.09. The van der Waals surface area contributed by atoms with Crippen molar-refractivity contribution in [1.29, 1.82) is 0 Å². The van der Waals surface area contributed by atoms with Crippen LogP contribution in [0.1, 0.15) is 43.1 Å². The second-order valence-electron chi connectivity index (χ2n) is 5.53. The zero-order chi connectivity index (χ0) is 16.0. The number of aliphatic carboxylic acids is 1. The Morgan fingerprint density at radius 1 is 1.38 bits per heavy atom. The second kappa shape index (κ2) is 7.57. The zero-order valence-electron chi connectivity index (χ0n) is 12.9. The van der Waals surface area contributed by atoms with Crippen LogP contribution in [0.25, 0.3) is 6.08 Å². The molecule has 1 N–H and O–H groups in total. The van der Waals surface area contributed by atoms with E-state index in [9.17, 15) is 9.59 Å². The Labute approximate surface area is 125 Å². The summed E-state index contributed by atoms with van der Waals surface area (Å²) in [6.45, 7) is 6.23. The number of pyridine rings is 1. The maximum Gasteiger partial charge on any atom is 0.328 e. The average molecular weight is 290 g/mol. The van der Waals surface area contributed by atoms with Crippen LogP contribution in [0.2, 0.25) is 0 Å². The van der Waals surface area contributed by atoms with E-state index in [4.69, 9.17) is 5.11 Å². The zero-order valence-corrected chi connectivity index (χ0v) is 12.9. The lowest BCUT2D eigenvalue weighted by Crippen LogP contribution is -2.36. The maximum absolute atomic E-state index is 12.5. The predicted octanol–water partition coefficient (Wildman–Crippen LogP) is 2.69. The quantitative estimate of drug-likeness (QED) is 0.818. The number of rotatable bonds is 6. The van der Waals surface area contributed by atoms with Crippen molar-refractivity contribution in [2.75, 3.05) is 7.05 Å². The molecule has 0 aliphatic heterocycles. The van der Waals surface area contributed by atoms with Crippen LogP contribution >= 0.6 is 0 Å². The summed E-state index contributed by atoms with van der Waals surface area (Å²) in [6.07, 6.45) is 6.34. The van der Waals surface area contributed by atoms with Crippen LogP contribution in [0.15, 0.2) is 24.5 Å². The second-order valence-corrected chi connectivity index (χ2v) is 5.53. The van der Waals surface area contributed by atoms with Gasteiger partial charge in [0.15, 0.2) is 0 Å². The molecule has 1 aromatic heterocycles. The first-order valence-corrected chi connectivity index (χ1v) is 6.95. The van der Waals surface area contributed by atoms with Crippen LogP contribution in [-0.2, 0) is 4.79 Å². The molecule has 0 bridgehead atoms. The fourth-order valence-electron chi connectivity index (χ4n) is 2.13. The van der Waals surface area contributed by atoms with E-state index in [1.807, 2.05) is 6.92 Å². The third kappa shape index (κ3) is 5.02. The van der Waals surface area contributed by atoms with Crippen LogP contribution < -0.4 is 0 Å². The van der Waals surface area contributed by atoms with Crippen LogP contribution in [0.5, 0.6) is 0 Å². The molecule has 0 saturated carbocycles. The molecule has 0 fully saturated rings. The number of hydrogen-bond donors (Lipinski definition) is 1. The van der Waals surface area contributed by atoms with E-state index < -0.39 is 5.97 Å². The van der Waals surface area contributed by atoms with Crippen LogP contribution in [-0.4, -0.2) is 40.0 Å². The summed E-state index contributed by atoms with van der Waals surface area (Å²) in [5, 5.41) is 8.70. The lowest BCUT2D eigenvalue weighted by molar-refractivity contribution is -0.131. The molecule has 5 nitrogen and oxygen atoms in total. The fourth-order valence-corrected chi connectivity index (χ4v) is 2.13. The number of carbonyl (C=O) groups is 2. The standard InChI is InChI=1S/C16H22N2O3/c1-11(2)9-12(3)18(4)16(21)14-7-8-17-10-13(14)5-6-15(19)20/h5-8,10-12H,9H2,1-4H3,(H,19,20). The van der Waals surface area contributed by atoms with Gasteiger partial charge in [-0.2, -0.15) is 0 Å². The van der Waals surface area contributed by atoms with E-state index in [1.165, 1.54) is 18.5 Å². The molecule has 0 spiro atoms. The summed E-state index contributed by atoms with van der Waals surface area (Å²) in [7, 11) is 1.76. The molecule has 0 aromatic carbocycles. The van der Waals surface area contributed by atoms with Crippen molar-refractivity contribution >= 4 is 18.0 Å². The lowest BCUT2D eigenvalue weighted by atomic mass is 10.0. The van der Waals surface area contributed by atoms with Gasteiger partial charge in [0.25, 0.3) is 5.91 Å². The maximum atomic E-state index is 12.5. The number of aromatic nitrogens is 1. The normalized spacial score (nSPS) is 12.6. The van der Waals surface area contributed by atoms with Crippen molar-refractivity contribution in [3.8, 4) is 0 Å². The monoisotopic (exact) mass is 290 g/mol. The summed E-state index contributed by atoms with van der Waals surface area (Å²) in [5.41, 5.74) is 0.967. The number of hydrogen-bond acceptors (Lipinski definition) is 3. The highest BCUT2D eigenvalue weighted by molar-refractivity contribution is 5.98. The van der Waals surface area contributed by atoms with Crippen LogP contribution in [0.3, 0.4) is 0 Å². The van der Waals surface area contributed by atoms with Crippen LogP contribution in [0, 0.1) is 5.92 Å². The van der Waals surface area contributed by atoms with Gasteiger partial charge in [0.05, 0.1) is 0 Å². The molecule has 21 heavy (non-hydrogen) atoms. The summed E-state index contributed by atoms with van der Waals surface area (Å²) >= 11 is 0. The van der Waals surface area contributed by atoms with E-state index in [0.29, 0.717) is 17.0 Å². The minimum atomic E-state index is -1.06. The number of carbonyl (C=O) groups excluding carboxylic acids is 1. The van der Waals surface area contributed by atoms with Crippen molar-refractivity contribution in [3.05, 3.63) is 35.7 Å². The van der Waals surface area contributed by atoms with Gasteiger partial charge in [-0.3, -0.25) is 9.78 Å². The molecule has 0 radical (unpaired) electrons. The van der Waals surface area contributed by atoms with Crippen molar-refractivity contribution in [1.82, 2.24) is 9.88 Å². The molecule has 114 valence electrons. The molecule has 1 amide bonds. The summed E-state index contributed by atoms with van der Waals surface area (Å²) in [4.78, 5) is 28.8. The first-order valence-electron chi connectivity index (χ1n) is 6.95. The predicted molar refractivity (Wildman–Crippen MR) is 81.9 cm³/mol. The van der Waals surface area contributed by atoms with Crippen molar-refractivity contribution in [2.24, 2.45) is 5.92 Å². The highest BCUT2D eigenvalue weighted by Crippen LogP contribution is 2.16. The number of carboxylic acid groups (broad SMARTS) is 1. The van der Waals surface area contributed by atoms with Gasteiger partial charge in [-0.25, -0.2) is 4.79 Å². The third-order valence-electron chi connectivity index (χ3n) is 3.28. The van der Waals surface area contributed by atoms with E-state index in [2.05, 4.69) is 18.8 Å². The topological polar surface area (TPSA) is 70.5 Å². The summed E-state index contributed by atoms with van der Waals surface area (Å²) in [6, 6.07) is 1.73. The molecule has 0 saturated heterocycles. The molecule has 5 heteroatoms. The molecular weight excluding hydrogens is 268 g/mol. The van der Waals surface area contributed by atoms with Gasteiger partial charge in [-0.1, -0.05) is 13.8 Å². The Hall–Kier alpha value is -2.17. The van der Waals surface area contributed by atoms with E-state index in [0.717, 1.165) is 12.5 Å². The fraction of sp³-hybridized carbons (Fsp3) is 0.438. The first kappa shape index (κ1) is 16.9. The van der Waals surface area contributed by atoms with Gasteiger partial charge in [0.2, 0.25) is 0 Å². The Balaban J connectivity index is 2.99. The lowest BCUT2D eigenvalue weighted by Gasteiger charge is -2.27. The molecule has 1 heterocycles. The van der Waals surface area contributed by atoms with Gasteiger partial charge < -0.3 is 10.0 Å². The number of nitrogens with zero attached hydrogens (tertiary/aromatic N) is 2. The number of amides is 1. The molecule has 1 rings (SSSR count). The Morgan fingerprint density at radius 3 is 2.62 bits per heavy atom. The van der Waals surface area contributed by atoms with E-state index >= 15 is 0 Å². The van der Waals surface area contributed by atoms with Gasteiger partial charge in [-0.05, 0) is 31.4 Å². The Bertz CT molecular complexity index is 538. The van der Waals surface area contributed by atoms with Crippen molar-refractivity contribution in [2.45, 2.75) is 33.2 Å². The van der Waals surface area contributed by atoms with Gasteiger partial charge >= 0.3 is 5.97 Å². The largest absolute Gasteiger partial charge is 0.478 e. The van der Waals surface area contributed by atoms with Crippen LogP contribution in [0.4, 0.5) is 0 Å². The van der Waals surface area contributed by atoms with Gasteiger partial charge in [0.1, 0.15) is 0 Å². The Morgan fingerprint density at radius 2 is 2.05 bits per heavy atom. The van der Waals surface area contributed by atoms with Crippen molar-refractivity contribution in [3.63, 3.8) is 0 Å². The highest BCUT2D eigenvalue weighted by atomic mass is 16.4. The van der Waals surface area contributed by atoms with E-state index in [-0.39, 0.29) is 11.9 Å². The molecule has 1 aromatic rings. The van der Waals surface area contributed by atoms with Gasteiger partial charge in [0, 0.05) is 42.7 Å². The molecule has 1 atom stereocenters. The third-order valence-corrected chi connectivity index (χ3v) is 3.28. The molecule has 0 aliphatic rings. The summed E-state index contributed by atoms with van der Waals surface area (Å²) in [5.74, 6) is -0.687. The number of carboxylic acids is 1. The van der Waals surface area contributed by atoms with E-state index in [1.54, 1.807) is 18.0 Å². The minimum Gasteiger partial charge on any atom is -0.478 e. The molecular formula is C16H22N2O3. The minimum absolute atomic E-state index is 0.113. The highest BCUT2D eigenvalue weighted by Gasteiger charge is 2.20. The van der Waals surface area contributed by atoms with Crippen molar-refractivity contribution < 1.29 is 14.7 Å². The SMILES string of the molecule is CC(C)CC(C)N(C)C(=O)c1ccncc1C=CC(=O)O. The smallest absolute Gasteiger partial charge is 0.328 e. The van der Waals surface area contributed by atoms with Gasteiger partial charge in [-0.15, -0.1) is 0 Å². The molecule has 0 aliphatic carbocycles.